The van der Waals surface area contributed by atoms with E-state index in [1.54, 1.807) is 18.2 Å². The quantitative estimate of drug-likeness (QED) is 0.488. The van der Waals surface area contributed by atoms with E-state index in [0.717, 1.165) is 0 Å². The monoisotopic (exact) mass is 256 g/mol. The highest BCUT2D eigenvalue weighted by atomic mass is 35.5. The van der Waals surface area contributed by atoms with Gasteiger partial charge in [-0.3, -0.25) is 0 Å². The van der Waals surface area contributed by atoms with Crippen molar-refractivity contribution in [1.29, 1.82) is 0 Å². The van der Waals surface area contributed by atoms with Crippen LogP contribution in [0.15, 0.2) is 35.7 Å². The normalized spacial score (nSPS) is 10.2. The lowest BCUT2D eigenvalue weighted by atomic mass is 10.2. The first-order chi connectivity index (χ1) is 7.77. The van der Waals surface area contributed by atoms with Crippen molar-refractivity contribution in [3.63, 3.8) is 0 Å². The molecule has 1 heterocycles. The Hall–Kier alpha value is -2.15. The summed E-state index contributed by atoms with van der Waals surface area (Å²) in [5, 5.41) is 11.0. The Balaban J connectivity index is 0.00000144. The van der Waals surface area contributed by atoms with Crippen LogP contribution >= 0.6 is 12.4 Å². The summed E-state index contributed by atoms with van der Waals surface area (Å²) in [6.07, 6.45) is 2.66. The number of anilines is 1. The molecule has 8 heteroatoms. The summed E-state index contributed by atoms with van der Waals surface area (Å²) in [6.45, 7) is 0. The first kappa shape index (κ1) is 12.9. The van der Waals surface area contributed by atoms with Crippen LogP contribution in [0.1, 0.15) is 5.56 Å². The van der Waals surface area contributed by atoms with Gasteiger partial charge in [0.25, 0.3) is 5.95 Å². The number of nitrogens with one attached hydrogen (secondary N) is 1. The largest absolute Gasteiger partial charge is 0.335 e. The highest BCUT2D eigenvalue weighted by Crippen LogP contribution is 2.03. The van der Waals surface area contributed by atoms with Gasteiger partial charge in [-0.1, -0.05) is 18.2 Å². The van der Waals surface area contributed by atoms with Crippen LogP contribution in [0.2, 0.25) is 0 Å². The van der Waals surface area contributed by atoms with Gasteiger partial charge in [-0.25, -0.2) is 14.5 Å². The molecule has 0 fully saturated rings. The molecule has 6 nitrogen and oxygen atoms in total. The Morgan fingerprint density at radius 1 is 1.41 bits per heavy atom. The van der Waals surface area contributed by atoms with Gasteiger partial charge in [0.05, 0.1) is 6.21 Å². The third-order valence-corrected chi connectivity index (χ3v) is 1.85. The van der Waals surface area contributed by atoms with Gasteiger partial charge in [0, 0.05) is 5.56 Å². The van der Waals surface area contributed by atoms with Crippen LogP contribution in [0.25, 0.3) is 0 Å². The van der Waals surface area contributed by atoms with Crippen molar-refractivity contribution in [3.8, 4) is 0 Å². The first-order valence-electron chi connectivity index (χ1n) is 4.46. The van der Waals surface area contributed by atoms with Crippen LogP contribution in [0.3, 0.4) is 0 Å². The fraction of sp³-hybridized carbons (Fsp3) is 0. The summed E-state index contributed by atoms with van der Waals surface area (Å²) in [6, 6.07) is 6.28. The Morgan fingerprint density at radius 2 is 2.18 bits per heavy atom. The van der Waals surface area contributed by atoms with E-state index < -0.39 is 0 Å². The third-order valence-electron chi connectivity index (χ3n) is 1.85. The minimum Gasteiger partial charge on any atom is -0.335 e. The highest BCUT2D eigenvalue weighted by Gasteiger charge is 1.98. The van der Waals surface area contributed by atoms with Gasteiger partial charge in [0.15, 0.2) is 0 Å². The number of hydrogen-bond donors (Lipinski definition) is 2. The molecular formula is C9H10ClFN6. The molecular weight excluding hydrogens is 247 g/mol. The van der Waals surface area contributed by atoms with Crippen LogP contribution in [-0.2, 0) is 0 Å². The van der Waals surface area contributed by atoms with E-state index in [4.69, 9.17) is 5.84 Å². The number of rotatable bonds is 3. The maximum absolute atomic E-state index is 13.2. The molecule has 2 rings (SSSR count). The second kappa shape index (κ2) is 5.80. The number of nitrogen functional groups attached to an aromatic ring is 1. The Labute approximate surface area is 103 Å². The van der Waals surface area contributed by atoms with E-state index in [9.17, 15) is 4.39 Å². The predicted molar refractivity (Wildman–Crippen MR) is 65.0 cm³/mol. The Kier molecular flexibility index (Phi) is 4.41. The Bertz CT molecular complexity index is 512. The van der Waals surface area contributed by atoms with Gasteiger partial charge < -0.3 is 5.84 Å². The van der Waals surface area contributed by atoms with Crippen LogP contribution in [0.4, 0.5) is 10.3 Å². The molecule has 0 saturated heterocycles. The summed E-state index contributed by atoms with van der Waals surface area (Å²) in [5.41, 5.74) is 2.91. The van der Waals surface area contributed by atoms with Gasteiger partial charge in [-0.2, -0.15) is 5.10 Å². The average Bonchev–Trinajstić information content (AvgIpc) is 2.67. The lowest BCUT2D eigenvalue weighted by molar-refractivity contribution is 0.626. The van der Waals surface area contributed by atoms with Crippen LogP contribution in [0.5, 0.6) is 0 Å². The lowest BCUT2D eigenvalue weighted by Gasteiger charge is -1.98. The fourth-order valence-electron chi connectivity index (χ4n) is 1.06. The molecule has 0 bridgehead atoms. The molecule has 0 radical (unpaired) electrons. The SMILES string of the molecule is Cl.Nn1cnnc1N/N=C\c1ccccc1F. The van der Waals surface area contributed by atoms with E-state index in [1.165, 1.54) is 23.3 Å². The molecule has 1 aromatic carbocycles. The molecule has 0 aliphatic heterocycles. The molecule has 0 atom stereocenters. The molecule has 0 unspecified atom stereocenters. The van der Waals surface area contributed by atoms with Crippen molar-refractivity contribution >= 4 is 24.6 Å². The molecule has 2 aromatic rings. The number of benzene rings is 1. The van der Waals surface area contributed by atoms with Crippen LogP contribution in [0, 0.1) is 5.82 Å². The zero-order chi connectivity index (χ0) is 11.4. The number of halogens is 2. The van der Waals surface area contributed by atoms with Gasteiger partial charge in [0.1, 0.15) is 12.1 Å². The zero-order valence-corrected chi connectivity index (χ0v) is 9.43. The van der Waals surface area contributed by atoms with E-state index >= 15 is 0 Å². The van der Waals surface area contributed by atoms with Crippen molar-refractivity contribution in [2.45, 2.75) is 0 Å². The van der Waals surface area contributed by atoms with Gasteiger partial charge >= 0.3 is 0 Å². The highest BCUT2D eigenvalue weighted by molar-refractivity contribution is 5.85. The maximum atomic E-state index is 13.2. The molecule has 0 saturated carbocycles. The van der Waals surface area contributed by atoms with Gasteiger partial charge in [0.2, 0.25) is 0 Å². The first-order valence-corrected chi connectivity index (χ1v) is 4.46. The van der Waals surface area contributed by atoms with Gasteiger partial charge in [-0.05, 0) is 6.07 Å². The van der Waals surface area contributed by atoms with Crippen molar-refractivity contribution in [1.82, 2.24) is 14.9 Å². The van der Waals surface area contributed by atoms with Gasteiger partial charge in [-0.15, -0.1) is 22.6 Å². The molecule has 17 heavy (non-hydrogen) atoms. The summed E-state index contributed by atoms with van der Waals surface area (Å²) in [5.74, 6) is 5.36. The molecule has 0 spiro atoms. The summed E-state index contributed by atoms with van der Waals surface area (Å²) in [4.78, 5) is 0. The van der Waals surface area contributed by atoms with E-state index in [-0.39, 0.29) is 24.2 Å². The maximum Gasteiger partial charge on any atom is 0.263 e. The van der Waals surface area contributed by atoms with Crippen LogP contribution in [-0.4, -0.2) is 21.1 Å². The molecule has 0 aliphatic carbocycles. The second-order valence-electron chi connectivity index (χ2n) is 2.95. The predicted octanol–water partition coefficient (Wildman–Crippen LogP) is 0.999. The zero-order valence-electron chi connectivity index (χ0n) is 8.62. The van der Waals surface area contributed by atoms with Crippen LogP contribution < -0.4 is 11.3 Å². The number of nitrogens with zero attached hydrogens (tertiary/aromatic N) is 4. The average molecular weight is 257 g/mol. The molecule has 90 valence electrons. The molecule has 3 N–H and O–H groups in total. The van der Waals surface area contributed by atoms with Crippen molar-refractivity contribution in [2.24, 2.45) is 5.10 Å². The topological polar surface area (TPSA) is 81.1 Å². The lowest BCUT2D eigenvalue weighted by Crippen LogP contribution is -2.10. The molecule has 1 aromatic heterocycles. The third kappa shape index (κ3) is 3.15. The summed E-state index contributed by atoms with van der Waals surface area (Å²) < 4.78 is 14.3. The Morgan fingerprint density at radius 3 is 2.82 bits per heavy atom. The summed E-state index contributed by atoms with van der Waals surface area (Å²) >= 11 is 0. The fourth-order valence-corrected chi connectivity index (χ4v) is 1.06. The number of hydrazone groups is 1. The van der Waals surface area contributed by atoms with E-state index in [0.29, 0.717) is 5.56 Å². The minimum atomic E-state index is -0.345. The van der Waals surface area contributed by atoms with Crippen molar-refractivity contribution < 1.29 is 4.39 Å². The van der Waals surface area contributed by atoms with Crippen molar-refractivity contribution in [3.05, 3.63) is 42.0 Å². The van der Waals surface area contributed by atoms with E-state index in [2.05, 4.69) is 20.7 Å². The smallest absolute Gasteiger partial charge is 0.263 e. The molecule has 0 amide bonds. The van der Waals surface area contributed by atoms with Crippen molar-refractivity contribution in [2.75, 3.05) is 11.3 Å². The number of hydrogen-bond acceptors (Lipinski definition) is 5. The standard InChI is InChI=1S/C9H9FN6.ClH/c10-8-4-2-1-3-7(8)5-12-14-9-15-13-6-16(9)11;/h1-6H,11H2,(H,14,15);1H/b12-5-;. The minimum absolute atomic E-state index is 0. The summed E-state index contributed by atoms with van der Waals surface area (Å²) in [7, 11) is 0. The second-order valence-corrected chi connectivity index (χ2v) is 2.95. The number of aromatic nitrogens is 3. The molecule has 0 aliphatic rings. The number of nitrogens with two attached hydrogens (primary N) is 1. The van der Waals surface area contributed by atoms with E-state index in [1.807, 2.05) is 0 Å².